The predicted molar refractivity (Wildman–Crippen MR) is 106 cm³/mol. The zero-order chi connectivity index (χ0) is 18.7. The Hall–Kier alpha value is -2.05. The van der Waals surface area contributed by atoms with E-state index >= 15 is 0 Å². The third kappa shape index (κ3) is 4.37. The summed E-state index contributed by atoms with van der Waals surface area (Å²) in [6.07, 6.45) is 1.77. The molecule has 0 aliphatic carbocycles. The minimum absolute atomic E-state index is 0.0354. The highest BCUT2D eigenvalue weighted by molar-refractivity contribution is 8.15. The van der Waals surface area contributed by atoms with E-state index in [-0.39, 0.29) is 10.7 Å². The van der Waals surface area contributed by atoms with E-state index in [2.05, 4.69) is 28.7 Å². The van der Waals surface area contributed by atoms with Crippen LogP contribution in [0, 0.1) is 0 Å². The lowest BCUT2D eigenvalue weighted by Crippen LogP contribution is -2.29. The first-order valence-electron chi connectivity index (χ1n) is 8.18. The van der Waals surface area contributed by atoms with Gasteiger partial charge in [0.25, 0.3) is 5.91 Å². The van der Waals surface area contributed by atoms with Crippen molar-refractivity contribution in [1.29, 1.82) is 0 Å². The van der Waals surface area contributed by atoms with E-state index in [9.17, 15) is 4.79 Å². The number of aliphatic imine (C=N–C) groups is 1. The fourth-order valence-electron chi connectivity index (χ4n) is 2.77. The van der Waals surface area contributed by atoms with E-state index < -0.39 is 0 Å². The maximum atomic E-state index is 12.8. The second-order valence-electron chi connectivity index (χ2n) is 6.58. The molecule has 136 valence electrons. The topological polar surface area (TPSA) is 54.8 Å². The summed E-state index contributed by atoms with van der Waals surface area (Å²) in [5.41, 5.74) is 1.29. The van der Waals surface area contributed by atoms with Gasteiger partial charge in [-0.05, 0) is 44.2 Å². The number of methoxy groups -OCH3 is 1. The van der Waals surface area contributed by atoms with Crippen molar-refractivity contribution in [2.24, 2.45) is 4.99 Å². The van der Waals surface area contributed by atoms with E-state index in [0.29, 0.717) is 28.0 Å². The summed E-state index contributed by atoms with van der Waals surface area (Å²) in [5, 5.41) is 1.16. The molecule has 7 heteroatoms. The monoisotopic (exact) mass is 389 g/mol. The number of amidine groups is 1. The summed E-state index contributed by atoms with van der Waals surface area (Å²) in [5.74, 6) is 0.0952. The first kappa shape index (κ1) is 18.7. The number of nitrogens with zero attached hydrogens (tertiary/aromatic N) is 3. The number of amides is 1. The van der Waals surface area contributed by atoms with E-state index in [0.717, 1.165) is 12.2 Å². The second-order valence-corrected chi connectivity index (χ2v) is 8.69. The largest absolute Gasteiger partial charge is 0.496 e. The summed E-state index contributed by atoms with van der Waals surface area (Å²) in [4.78, 5) is 23.6. The van der Waals surface area contributed by atoms with E-state index in [1.54, 1.807) is 36.2 Å². The van der Waals surface area contributed by atoms with Gasteiger partial charge in [0.2, 0.25) is 0 Å². The van der Waals surface area contributed by atoms with Crippen molar-refractivity contribution >= 4 is 34.4 Å². The molecule has 3 rings (SSSR count). The van der Waals surface area contributed by atoms with Crippen LogP contribution in [0.25, 0.3) is 0 Å². The van der Waals surface area contributed by atoms with Crippen LogP contribution in [0.5, 0.6) is 5.75 Å². The van der Waals surface area contributed by atoms with Crippen molar-refractivity contribution in [2.75, 3.05) is 13.7 Å². The van der Waals surface area contributed by atoms with Crippen LogP contribution >= 0.6 is 23.4 Å². The summed E-state index contributed by atoms with van der Waals surface area (Å²) in [7, 11) is 1.52. The van der Waals surface area contributed by atoms with Crippen LogP contribution in [0.3, 0.4) is 0 Å². The van der Waals surface area contributed by atoms with E-state index in [1.807, 2.05) is 18.2 Å². The lowest BCUT2D eigenvalue weighted by atomic mass is 10.2. The molecule has 26 heavy (non-hydrogen) atoms. The molecule has 0 unspecified atom stereocenters. The van der Waals surface area contributed by atoms with Gasteiger partial charge in [-0.25, -0.2) is 0 Å². The van der Waals surface area contributed by atoms with Crippen molar-refractivity contribution in [3.8, 4) is 5.75 Å². The van der Waals surface area contributed by atoms with Gasteiger partial charge in [-0.2, -0.15) is 4.99 Å². The molecule has 0 bridgehead atoms. The van der Waals surface area contributed by atoms with Gasteiger partial charge >= 0.3 is 0 Å². The third-order valence-electron chi connectivity index (χ3n) is 3.88. The highest BCUT2D eigenvalue weighted by atomic mass is 35.5. The highest BCUT2D eigenvalue weighted by Gasteiger charge is 2.36. The predicted octanol–water partition coefficient (Wildman–Crippen LogP) is 4.27. The quantitative estimate of drug-likeness (QED) is 0.781. The van der Waals surface area contributed by atoms with Gasteiger partial charge in [0, 0.05) is 22.5 Å². The first-order chi connectivity index (χ1) is 12.4. The molecule has 1 fully saturated rings. The molecule has 1 aromatic heterocycles. The molecule has 1 saturated heterocycles. The van der Waals surface area contributed by atoms with Crippen LogP contribution in [0.4, 0.5) is 0 Å². The summed E-state index contributed by atoms with van der Waals surface area (Å²) >= 11 is 7.63. The first-order valence-corrected chi connectivity index (χ1v) is 9.38. The molecule has 1 aromatic carbocycles. The number of aromatic nitrogens is 1. The molecule has 0 saturated carbocycles. The molecule has 5 nitrogen and oxygen atoms in total. The molecule has 0 radical (unpaired) electrons. The average molecular weight is 390 g/mol. The maximum absolute atomic E-state index is 12.8. The van der Waals surface area contributed by atoms with Crippen LogP contribution in [-0.2, 0) is 6.54 Å². The van der Waals surface area contributed by atoms with Gasteiger partial charge < -0.3 is 9.64 Å². The fraction of sp³-hybridized carbons (Fsp3) is 0.316. The number of pyridine rings is 1. The normalized spacial score (nSPS) is 17.5. The van der Waals surface area contributed by atoms with Gasteiger partial charge in [-0.15, -0.1) is 0 Å². The number of carbonyl (C=O) groups is 1. The van der Waals surface area contributed by atoms with Crippen molar-refractivity contribution in [1.82, 2.24) is 9.88 Å². The summed E-state index contributed by atoms with van der Waals surface area (Å²) in [6.45, 7) is 5.66. The van der Waals surface area contributed by atoms with Crippen LogP contribution in [0.2, 0.25) is 5.02 Å². The Morgan fingerprint density at radius 3 is 2.88 bits per heavy atom. The Kier molecular flexibility index (Phi) is 5.53. The van der Waals surface area contributed by atoms with Crippen LogP contribution in [0.1, 0.15) is 29.9 Å². The Labute approximate surface area is 162 Å². The van der Waals surface area contributed by atoms with Crippen molar-refractivity contribution < 1.29 is 9.53 Å². The minimum atomic E-state index is -0.365. The van der Waals surface area contributed by atoms with E-state index in [4.69, 9.17) is 16.3 Å². The molecule has 0 spiro atoms. The molecular formula is C19H20ClN3O2S. The van der Waals surface area contributed by atoms with Gasteiger partial charge in [0.1, 0.15) is 5.75 Å². The fourth-order valence-corrected chi connectivity index (χ4v) is 4.04. The average Bonchev–Trinajstić information content (AvgIpc) is 2.89. The number of halogens is 1. The Bertz CT molecular complexity index is 840. The molecule has 1 amide bonds. The van der Waals surface area contributed by atoms with Gasteiger partial charge in [0.05, 0.1) is 24.9 Å². The van der Waals surface area contributed by atoms with Crippen molar-refractivity contribution in [2.45, 2.75) is 25.1 Å². The van der Waals surface area contributed by atoms with Gasteiger partial charge in [-0.1, -0.05) is 29.4 Å². The SMILES string of the molecule is COc1ccc(Cl)cc1C(=O)/N=C1\SC(C)(C)CN1Cc1ccccn1. The van der Waals surface area contributed by atoms with Crippen molar-refractivity contribution in [3.05, 3.63) is 58.9 Å². The molecule has 2 heterocycles. The van der Waals surface area contributed by atoms with Crippen LogP contribution in [-0.4, -0.2) is 39.4 Å². The lowest BCUT2D eigenvalue weighted by Gasteiger charge is -2.19. The van der Waals surface area contributed by atoms with Gasteiger partial charge in [-0.3, -0.25) is 9.78 Å². The molecular weight excluding hydrogens is 370 g/mol. The number of benzene rings is 1. The zero-order valence-electron chi connectivity index (χ0n) is 14.9. The van der Waals surface area contributed by atoms with E-state index in [1.165, 1.54) is 7.11 Å². The number of ether oxygens (including phenoxy) is 1. The molecule has 2 aromatic rings. The van der Waals surface area contributed by atoms with Crippen LogP contribution < -0.4 is 4.74 Å². The third-order valence-corrected chi connectivity index (χ3v) is 5.33. The molecule has 0 atom stereocenters. The Morgan fingerprint density at radius 2 is 2.19 bits per heavy atom. The summed E-state index contributed by atoms with van der Waals surface area (Å²) in [6, 6.07) is 10.7. The number of thioether (sulfide) groups is 1. The Morgan fingerprint density at radius 1 is 1.38 bits per heavy atom. The standard InChI is InChI=1S/C19H20ClN3O2S/c1-19(2)12-23(11-14-6-4-5-9-21-14)18(26-19)22-17(24)15-10-13(20)7-8-16(15)25-3/h4-10H,11-12H2,1-3H3/b22-18-. The molecule has 1 aliphatic rings. The molecule has 1 aliphatic heterocycles. The zero-order valence-corrected chi connectivity index (χ0v) is 16.5. The second kappa shape index (κ2) is 7.68. The van der Waals surface area contributed by atoms with Gasteiger partial charge in [0.15, 0.2) is 5.17 Å². The van der Waals surface area contributed by atoms with Crippen LogP contribution in [0.15, 0.2) is 47.6 Å². The number of hydrogen-bond donors (Lipinski definition) is 0. The smallest absolute Gasteiger partial charge is 0.283 e. The minimum Gasteiger partial charge on any atom is -0.496 e. The molecule has 0 N–H and O–H groups in total. The maximum Gasteiger partial charge on any atom is 0.283 e. The number of hydrogen-bond acceptors (Lipinski definition) is 4. The van der Waals surface area contributed by atoms with Crippen molar-refractivity contribution in [3.63, 3.8) is 0 Å². The number of carbonyl (C=O) groups excluding carboxylic acids is 1. The summed E-state index contributed by atoms with van der Waals surface area (Å²) < 4.78 is 5.23. The lowest BCUT2D eigenvalue weighted by molar-refractivity contribution is 0.0998. The number of rotatable bonds is 4. The Balaban J connectivity index is 1.89. The highest BCUT2D eigenvalue weighted by Crippen LogP contribution is 2.36.